The van der Waals surface area contributed by atoms with Crippen LogP contribution in [-0.4, -0.2) is 52.5 Å². The number of nitrogens with zero attached hydrogens (tertiary/aromatic N) is 2. The molecule has 0 bridgehead atoms. The monoisotopic (exact) mass is 439 g/mol. The minimum atomic E-state index is -0.534. The molecule has 4 rings (SSSR count). The van der Waals surface area contributed by atoms with Gasteiger partial charge in [0, 0.05) is 43.8 Å². The van der Waals surface area contributed by atoms with Crippen LogP contribution >= 0.6 is 0 Å². The van der Waals surface area contributed by atoms with Crippen molar-refractivity contribution in [2.45, 2.75) is 51.0 Å². The predicted molar refractivity (Wildman–Crippen MR) is 118 cm³/mol. The number of rotatable bonds is 5. The van der Waals surface area contributed by atoms with Gasteiger partial charge in [0.15, 0.2) is 0 Å². The van der Waals surface area contributed by atoms with Crippen molar-refractivity contribution in [1.29, 1.82) is 0 Å². The molecule has 1 aromatic heterocycles. The Morgan fingerprint density at radius 3 is 2.50 bits per heavy atom. The normalized spacial score (nSPS) is 24.4. The highest BCUT2D eigenvalue weighted by Gasteiger charge is 2.43. The van der Waals surface area contributed by atoms with E-state index in [4.69, 9.17) is 9.47 Å². The molecule has 2 aromatic rings. The summed E-state index contributed by atoms with van der Waals surface area (Å²) in [4.78, 5) is 46.5. The zero-order chi connectivity index (χ0) is 23.0. The maximum atomic E-state index is 13.2. The number of aryl methyl sites for hydroxylation is 1. The average molecular weight is 440 g/mol. The van der Waals surface area contributed by atoms with E-state index in [2.05, 4.69) is 9.97 Å². The molecule has 0 saturated carbocycles. The van der Waals surface area contributed by atoms with E-state index >= 15 is 0 Å². The molecule has 3 heterocycles. The van der Waals surface area contributed by atoms with Crippen molar-refractivity contribution < 1.29 is 19.1 Å². The van der Waals surface area contributed by atoms with E-state index in [1.54, 1.807) is 18.9 Å². The minimum Gasteiger partial charge on any atom is -0.497 e. The summed E-state index contributed by atoms with van der Waals surface area (Å²) in [5.41, 5.74) is 0.978. The second-order valence-corrected chi connectivity index (χ2v) is 9.33. The van der Waals surface area contributed by atoms with Gasteiger partial charge in [0.25, 0.3) is 5.56 Å². The number of H-pyrrole nitrogens is 1. The third-order valence-electron chi connectivity index (χ3n) is 6.35. The number of carbonyl (C=O) groups is 2. The van der Waals surface area contributed by atoms with Crippen molar-refractivity contribution in [3.05, 3.63) is 57.8 Å². The van der Waals surface area contributed by atoms with Crippen molar-refractivity contribution in [2.24, 2.45) is 5.92 Å². The average Bonchev–Trinajstić information content (AvgIpc) is 3.28. The van der Waals surface area contributed by atoms with Crippen LogP contribution in [0.3, 0.4) is 0 Å². The number of esters is 1. The lowest BCUT2D eigenvalue weighted by Crippen LogP contribution is -2.31. The van der Waals surface area contributed by atoms with E-state index in [0.717, 1.165) is 11.3 Å². The van der Waals surface area contributed by atoms with E-state index in [0.29, 0.717) is 31.0 Å². The van der Waals surface area contributed by atoms with Crippen LogP contribution in [-0.2, 0) is 14.3 Å². The topological polar surface area (TPSA) is 102 Å². The molecule has 0 unspecified atom stereocenters. The molecule has 2 aliphatic rings. The summed E-state index contributed by atoms with van der Waals surface area (Å²) in [6.45, 7) is 6.41. The van der Waals surface area contributed by atoms with Gasteiger partial charge in [0.1, 0.15) is 17.2 Å². The summed E-state index contributed by atoms with van der Waals surface area (Å²) in [6, 6.07) is 9.27. The molecule has 170 valence electrons. The molecule has 0 spiro atoms. The van der Waals surface area contributed by atoms with Gasteiger partial charge in [-0.15, -0.1) is 0 Å². The molecule has 2 saturated heterocycles. The Bertz CT molecular complexity index is 1080. The number of aromatic amines is 1. The third-order valence-corrected chi connectivity index (χ3v) is 6.35. The van der Waals surface area contributed by atoms with Gasteiger partial charge >= 0.3 is 5.97 Å². The molecule has 0 radical (unpaired) electrons. The first kappa shape index (κ1) is 22.0. The van der Waals surface area contributed by atoms with E-state index < -0.39 is 11.5 Å². The van der Waals surface area contributed by atoms with Gasteiger partial charge < -0.3 is 19.4 Å². The number of cyclic esters (lactones) is 1. The molecule has 1 aromatic carbocycles. The Morgan fingerprint density at radius 2 is 1.91 bits per heavy atom. The highest BCUT2D eigenvalue weighted by Crippen LogP contribution is 2.40. The van der Waals surface area contributed by atoms with Crippen LogP contribution in [0.1, 0.15) is 55.6 Å². The maximum Gasteiger partial charge on any atom is 0.310 e. The lowest BCUT2D eigenvalue weighted by atomic mass is 9.86. The number of aromatic nitrogens is 2. The number of hydrogen-bond donors (Lipinski definition) is 1. The van der Waals surface area contributed by atoms with E-state index in [1.807, 2.05) is 38.1 Å². The van der Waals surface area contributed by atoms with Crippen LogP contribution in [0.2, 0.25) is 0 Å². The van der Waals surface area contributed by atoms with Gasteiger partial charge in [0.2, 0.25) is 5.91 Å². The Labute approximate surface area is 186 Å². The van der Waals surface area contributed by atoms with Gasteiger partial charge in [-0.25, -0.2) is 4.98 Å². The van der Waals surface area contributed by atoms with E-state index in [1.165, 1.54) is 6.07 Å². The fourth-order valence-corrected chi connectivity index (χ4v) is 4.86. The van der Waals surface area contributed by atoms with Crippen molar-refractivity contribution in [3.63, 3.8) is 0 Å². The number of methoxy groups -OCH3 is 1. The highest BCUT2D eigenvalue weighted by atomic mass is 16.6. The van der Waals surface area contributed by atoms with Crippen LogP contribution in [0.4, 0.5) is 0 Å². The van der Waals surface area contributed by atoms with Gasteiger partial charge in [-0.3, -0.25) is 14.4 Å². The first-order valence-corrected chi connectivity index (χ1v) is 10.9. The molecule has 2 fully saturated rings. The van der Waals surface area contributed by atoms with Crippen LogP contribution in [0, 0.1) is 12.8 Å². The van der Waals surface area contributed by atoms with Crippen LogP contribution in [0.15, 0.2) is 35.1 Å². The fourth-order valence-electron chi connectivity index (χ4n) is 4.86. The minimum absolute atomic E-state index is 0.0227. The number of amides is 1. The quantitative estimate of drug-likeness (QED) is 0.719. The number of benzene rings is 1. The molecule has 8 nitrogen and oxygen atoms in total. The largest absolute Gasteiger partial charge is 0.497 e. The number of ether oxygens (including phenoxy) is 2. The van der Waals surface area contributed by atoms with Crippen molar-refractivity contribution in [2.75, 3.05) is 20.2 Å². The Morgan fingerprint density at radius 1 is 1.22 bits per heavy atom. The van der Waals surface area contributed by atoms with E-state index in [-0.39, 0.29) is 35.7 Å². The van der Waals surface area contributed by atoms with E-state index in [9.17, 15) is 14.4 Å². The second-order valence-electron chi connectivity index (χ2n) is 9.33. The van der Waals surface area contributed by atoms with Crippen molar-refractivity contribution >= 4 is 11.9 Å². The molecule has 0 aliphatic carbocycles. The molecular formula is C24H29N3O5. The Kier molecular flexibility index (Phi) is 5.79. The van der Waals surface area contributed by atoms with Crippen LogP contribution in [0.5, 0.6) is 5.75 Å². The van der Waals surface area contributed by atoms with Gasteiger partial charge in [-0.1, -0.05) is 12.1 Å². The number of carbonyl (C=O) groups excluding carboxylic acids is 2. The molecule has 1 amide bonds. The summed E-state index contributed by atoms with van der Waals surface area (Å²) in [7, 11) is 1.62. The Balaban J connectivity index is 1.59. The maximum absolute atomic E-state index is 13.2. The predicted octanol–water partition coefficient (Wildman–Crippen LogP) is 2.53. The lowest BCUT2D eigenvalue weighted by molar-refractivity contribution is -0.150. The molecule has 8 heteroatoms. The number of likely N-dealkylation sites (tertiary alicyclic amines) is 1. The SMILES string of the molecule is COc1ccc([C@@H]2CN(C(=O)C[C@@H]3CC(C)(C)OC3=O)C[C@H]2c2cc(=O)[nH]c(C)n2)cc1. The van der Waals surface area contributed by atoms with Gasteiger partial charge in [-0.05, 0) is 38.5 Å². The molecule has 1 N–H and O–H groups in total. The summed E-state index contributed by atoms with van der Waals surface area (Å²) in [5.74, 6) is 0.345. The van der Waals surface area contributed by atoms with Gasteiger partial charge in [-0.2, -0.15) is 0 Å². The lowest BCUT2D eigenvalue weighted by Gasteiger charge is -2.18. The zero-order valence-corrected chi connectivity index (χ0v) is 18.9. The van der Waals surface area contributed by atoms with Crippen LogP contribution in [0.25, 0.3) is 0 Å². The summed E-state index contributed by atoms with van der Waals surface area (Å²) in [6.07, 6.45) is 0.664. The van der Waals surface area contributed by atoms with Crippen molar-refractivity contribution in [1.82, 2.24) is 14.9 Å². The molecule has 32 heavy (non-hydrogen) atoms. The molecule has 2 aliphatic heterocycles. The first-order chi connectivity index (χ1) is 15.1. The molecular weight excluding hydrogens is 410 g/mol. The Hall–Kier alpha value is -3.16. The smallest absolute Gasteiger partial charge is 0.310 e. The zero-order valence-electron chi connectivity index (χ0n) is 18.9. The van der Waals surface area contributed by atoms with Crippen molar-refractivity contribution in [3.8, 4) is 5.75 Å². The summed E-state index contributed by atoms with van der Waals surface area (Å²) in [5, 5.41) is 0. The summed E-state index contributed by atoms with van der Waals surface area (Å²) >= 11 is 0. The second kappa shape index (κ2) is 8.41. The highest BCUT2D eigenvalue weighted by molar-refractivity contribution is 5.84. The summed E-state index contributed by atoms with van der Waals surface area (Å²) < 4.78 is 10.7. The fraction of sp³-hybridized carbons (Fsp3) is 0.500. The first-order valence-electron chi connectivity index (χ1n) is 10.9. The van der Waals surface area contributed by atoms with Crippen LogP contribution < -0.4 is 10.3 Å². The standard InChI is InChI=1S/C24H29N3O5/c1-14-25-20(10-21(28)26-14)19-13-27(12-18(19)15-5-7-17(31-4)8-6-15)22(29)9-16-11-24(2,3)32-23(16)30/h5-8,10,16,18-19H,9,11-13H2,1-4H3,(H,25,26,28)/t16-,18+,19-/m1/s1. The number of nitrogens with one attached hydrogen (secondary N) is 1. The molecule has 3 atom stereocenters. The number of hydrogen-bond acceptors (Lipinski definition) is 6. The third kappa shape index (κ3) is 4.54. The van der Waals surface area contributed by atoms with Gasteiger partial charge in [0.05, 0.1) is 18.7 Å².